The second-order valence-corrected chi connectivity index (χ2v) is 6.20. The molecule has 0 aliphatic carbocycles. The van der Waals surface area contributed by atoms with Crippen molar-refractivity contribution < 1.29 is 4.74 Å². The van der Waals surface area contributed by atoms with Crippen LogP contribution in [0.15, 0.2) is 24.3 Å². The van der Waals surface area contributed by atoms with Crippen molar-refractivity contribution in [2.75, 3.05) is 59.5 Å². The molecule has 3 rings (SSSR count). The van der Waals surface area contributed by atoms with E-state index in [1.807, 2.05) is 0 Å². The summed E-state index contributed by atoms with van der Waals surface area (Å²) in [5, 5.41) is 3.38. The molecule has 0 spiro atoms. The van der Waals surface area contributed by atoms with Gasteiger partial charge in [0.05, 0.1) is 12.7 Å². The summed E-state index contributed by atoms with van der Waals surface area (Å²) in [5.41, 5.74) is 2.73. The molecule has 1 unspecified atom stereocenters. The Morgan fingerprint density at radius 1 is 1.14 bits per heavy atom. The predicted molar refractivity (Wildman–Crippen MR) is 85.6 cm³/mol. The molecule has 0 bridgehead atoms. The highest BCUT2D eigenvalue weighted by atomic mass is 16.5. The lowest BCUT2D eigenvalue weighted by atomic mass is 10.0. The first-order chi connectivity index (χ1) is 10.3. The molecule has 0 radical (unpaired) electrons. The minimum Gasteiger partial charge on any atom is -0.371 e. The molecule has 2 fully saturated rings. The van der Waals surface area contributed by atoms with Gasteiger partial charge >= 0.3 is 0 Å². The number of likely N-dealkylation sites (N-methyl/N-ethyl adjacent to an activating group) is 1. The molecule has 0 aromatic heterocycles. The third-order valence-corrected chi connectivity index (χ3v) is 4.59. The van der Waals surface area contributed by atoms with Crippen LogP contribution < -0.4 is 5.32 Å². The second kappa shape index (κ2) is 7.36. The molecule has 1 aromatic carbocycles. The van der Waals surface area contributed by atoms with E-state index in [2.05, 4.69) is 46.4 Å². The van der Waals surface area contributed by atoms with Crippen LogP contribution >= 0.6 is 0 Å². The van der Waals surface area contributed by atoms with E-state index in [-0.39, 0.29) is 6.10 Å². The van der Waals surface area contributed by atoms with Crippen molar-refractivity contribution in [3.63, 3.8) is 0 Å². The molecular weight excluding hydrogens is 262 g/mol. The van der Waals surface area contributed by atoms with Crippen LogP contribution in [0, 0.1) is 0 Å². The van der Waals surface area contributed by atoms with Gasteiger partial charge in [0.2, 0.25) is 0 Å². The summed E-state index contributed by atoms with van der Waals surface area (Å²) < 4.78 is 5.79. The molecule has 21 heavy (non-hydrogen) atoms. The maximum Gasteiger partial charge on any atom is 0.0949 e. The van der Waals surface area contributed by atoms with Gasteiger partial charge in [-0.25, -0.2) is 0 Å². The zero-order chi connectivity index (χ0) is 14.5. The van der Waals surface area contributed by atoms with Crippen LogP contribution in [-0.2, 0) is 11.2 Å². The first-order valence-electron chi connectivity index (χ1n) is 8.13. The lowest BCUT2D eigenvalue weighted by Crippen LogP contribution is -2.45. The average Bonchev–Trinajstić information content (AvgIpc) is 2.56. The third kappa shape index (κ3) is 4.27. The normalized spacial score (nSPS) is 25.1. The van der Waals surface area contributed by atoms with Gasteiger partial charge < -0.3 is 19.9 Å². The van der Waals surface area contributed by atoms with E-state index in [0.29, 0.717) is 0 Å². The SMILES string of the molecule is CN1CCN(CCc2ccc(C3CNCCO3)cc2)CC1. The third-order valence-electron chi connectivity index (χ3n) is 4.59. The maximum atomic E-state index is 5.79. The Morgan fingerprint density at radius 2 is 1.90 bits per heavy atom. The van der Waals surface area contributed by atoms with Gasteiger partial charge in [0.25, 0.3) is 0 Å². The number of piperazine rings is 1. The Kier molecular flexibility index (Phi) is 5.25. The van der Waals surface area contributed by atoms with E-state index in [1.165, 1.54) is 43.9 Å². The molecule has 0 amide bonds. The Morgan fingerprint density at radius 3 is 2.57 bits per heavy atom. The van der Waals surface area contributed by atoms with Crippen LogP contribution in [0.1, 0.15) is 17.2 Å². The van der Waals surface area contributed by atoms with Crippen molar-refractivity contribution in [2.45, 2.75) is 12.5 Å². The molecule has 2 saturated heterocycles. The fraction of sp³-hybridized carbons (Fsp3) is 0.647. The number of nitrogens with zero attached hydrogens (tertiary/aromatic N) is 2. The molecule has 2 heterocycles. The van der Waals surface area contributed by atoms with Crippen molar-refractivity contribution in [3.8, 4) is 0 Å². The quantitative estimate of drug-likeness (QED) is 0.899. The smallest absolute Gasteiger partial charge is 0.0949 e. The Hall–Kier alpha value is -0.940. The second-order valence-electron chi connectivity index (χ2n) is 6.20. The first kappa shape index (κ1) is 15.0. The summed E-state index contributed by atoms with van der Waals surface area (Å²) in [7, 11) is 2.21. The van der Waals surface area contributed by atoms with Gasteiger partial charge in [-0.2, -0.15) is 0 Å². The fourth-order valence-electron chi connectivity index (χ4n) is 3.04. The molecule has 2 aliphatic rings. The summed E-state index contributed by atoms with van der Waals surface area (Å²) in [4.78, 5) is 4.98. The van der Waals surface area contributed by atoms with Crippen molar-refractivity contribution >= 4 is 0 Å². The monoisotopic (exact) mass is 289 g/mol. The van der Waals surface area contributed by atoms with E-state index in [9.17, 15) is 0 Å². The van der Waals surface area contributed by atoms with Crippen molar-refractivity contribution in [2.24, 2.45) is 0 Å². The predicted octanol–water partition coefficient (Wildman–Crippen LogP) is 1.14. The Balaban J connectivity index is 1.48. The highest BCUT2D eigenvalue weighted by Crippen LogP contribution is 2.19. The minimum absolute atomic E-state index is 0.227. The molecule has 116 valence electrons. The van der Waals surface area contributed by atoms with Gasteiger partial charge in [-0.15, -0.1) is 0 Å². The van der Waals surface area contributed by atoms with Crippen LogP contribution in [0.25, 0.3) is 0 Å². The lowest BCUT2D eigenvalue weighted by molar-refractivity contribution is 0.0277. The number of rotatable bonds is 4. The number of hydrogen-bond donors (Lipinski definition) is 1. The number of morpholine rings is 1. The number of ether oxygens (including phenoxy) is 1. The number of nitrogens with one attached hydrogen (secondary N) is 1. The van der Waals surface area contributed by atoms with Crippen LogP contribution in [0.2, 0.25) is 0 Å². The molecule has 4 nitrogen and oxygen atoms in total. The zero-order valence-electron chi connectivity index (χ0n) is 13.1. The van der Waals surface area contributed by atoms with Gasteiger partial charge in [0, 0.05) is 45.8 Å². The summed E-state index contributed by atoms with van der Waals surface area (Å²) >= 11 is 0. The summed E-state index contributed by atoms with van der Waals surface area (Å²) in [6, 6.07) is 9.00. The van der Waals surface area contributed by atoms with Gasteiger partial charge in [-0.05, 0) is 24.6 Å². The zero-order valence-corrected chi connectivity index (χ0v) is 13.1. The summed E-state index contributed by atoms with van der Waals surface area (Å²) in [6.45, 7) is 8.70. The molecule has 1 aromatic rings. The average molecular weight is 289 g/mol. The van der Waals surface area contributed by atoms with E-state index < -0.39 is 0 Å². The largest absolute Gasteiger partial charge is 0.371 e. The van der Waals surface area contributed by atoms with Crippen LogP contribution in [0.5, 0.6) is 0 Å². The van der Waals surface area contributed by atoms with E-state index >= 15 is 0 Å². The molecule has 1 atom stereocenters. The summed E-state index contributed by atoms with van der Waals surface area (Å²) in [6.07, 6.45) is 1.37. The fourth-order valence-corrected chi connectivity index (χ4v) is 3.04. The topological polar surface area (TPSA) is 27.7 Å². The molecule has 0 saturated carbocycles. The van der Waals surface area contributed by atoms with Gasteiger partial charge in [0.15, 0.2) is 0 Å². The highest BCUT2D eigenvalue weighted by molar-refractivity contribution is 5.25. The van der Waals surface area contributed by atoms with Crippen LogP contribution in [0.3, 0.4) is 0 Å². The Labute approximate surface area is 128 Å². The van der Waals surface area contributed by atoms with E-state index in [0.717, 1.165) is 26.1 Å². The van der Waals surface area contributed by atoms with Gasteiger partial charge in [-0.3, -0.25) is 0 Å². The molecular formula is C17H27N3O. The minimum atomic E-state index is 0.227. The number of hydrogen-bond acceptors (Lipinski definition) is 4. The lowest BCUT2D eigenvalue weighted by Gasteiger charge is -2.32. The van der Waals surface area contributed by atoms with E-state index in [1.54, 1.807) is 0 Å². The number of benzene rings is 1. The van der Waals surface area contributed by atoms with E-state index in [4.69, 9.17) is 4.74 Å². The van der Waals surface area contributed by atoms with Crippen LogP contribution in [0.4, 0.5) is 0 Å². The molecule has 1 N–H and O–H groups in total. The van der Waals surface area contributed by atoms with Gasteiger partial charge in [0.1, 0.15) is 0 Å². The van der Waals surface area contributed by atoms with Crippen molar-refractivity contribution in [3.05, 3.63) is 35.4 Å². The molecule has 2 aliphatic heterocycles. The highest BCUT2D eigenvalue weighted by Gasteiger charge is 2.16. The van der Waals surface area contributed by atoms with Gasteiger partial charge in [-0.1, -0.05) is 24.3 Å². The standard InChI is InChI=1S/C17H27N3O/c1-19-9-11-20(12-10-19)8-6-15-2-4-16(5-3-15)17-14-18-7-13-21-17/h2-5,17-18H,6-14H2,1H3. The first-order valence-corrected chi connectivity index (χ1v) is 8.13. The van der Waals surface area contributed by atoms with Crippen LogP contribution in [-0.4, -0.2) is 69.3 Å². The summed E-state index contributed by atoms with van der Waals surface area (Å²) in [5.74, 6) is 0. The molecule has 4 heteroatoms. The van der Waals surface area contributed by atoms with Crippen molar-refractivity contribution in [1.29, 1.82) is 0 Å². The van der Waals surface area contributed by atoms with Crippen molar-refractivity contribution in [1.82, 2.24) is 15.1 Å². The maximum absolute atomic E-state index is 5.79. The Bertz CT molecular complexity index is 420.